The highest BCUT2D eigenvalue weighted by Gasteiger charge is 2.13. The van der Waals surface area contributed by atoms with Gasteiger partial charge in [0.15, 0.2) is 0 Å². The van der Waals surface area contributed by atoms with Crippen LogP contribution in [0.2, 0.25) is 0 Å². The van der Waals surface area contributed by atoms with Crippen molar-refractivity contribution in [1.82, 2.24) is 4.90 Å². The molecule has 17 heavy (non-hydrogen) atoms. The van der Waals surface area contributed by atoms with Crippen LogP contribution in [0.15, 0.2) is 23.1 Å². The van der Waals surface area contributed by atoms with E-state index in [1.807, 2.05) is 32.2 Å². The van der Waals surface area contributed by atoms with Gasteiger partial charge in [0.2, 0.25) is 0 Å². The Kier molecular flexibility index (Phi) is 5.56. The summed E-state index contributed by atoms with van der Waals surface area (Å²) in [4.78, 5) is 14.8. The summed E-state index contributed by atoms with van der Waals surface area (Å²) >= 11 is 4.28. The number of carbonyl (C=O) groups is 1. The van der Waals surface area contributed by atoms with E-state index in [1.165, 1.54) is 12.8 Å². The molecule has 0 heterocycles. The van der Waals surface area contributed by atoms with Gasteiger partial charge in [-0.05, 0) is 31.0 Å². The van der Waals surface area contributed by atoms with Crippen molar-refractivity contribution in [2.45, 2.75) is 38.0 Å². The number of nitrogens with zero attached hydrogens (tertiary/aromatic N) is 1. The lowest BCUT2D eigenvalue weighted by molar-refractivity contribution is 0.0791. The van der Waals surface area contributed by atoms with E-state index in [0.29, 0.717) is 0 Å². The summed E-state index contributed by atoms with van der Waals surface area (Å²) in [5.41, 5.74) is 1.77. The fourth-order valence-electron chi connectivity index (χ4n) is 1.75. The number of thiol groups is 1. The minimum Gasteiger partial charge on any atom is -0.342 e. The summed E-state index contributed by atoms with van der Waals surface area (Å²) in [6.45, 7) is 4.94. The minimum atomic E-state index is 0.0921. The zero-order valence-corrected chi connectivity index (χ0v) is 11.8. The molecule has 0 radical (unpaired) electrons. The number of hydrogen-bond acceptors (Lipinski definition) is 2. The molecule has 1 aromatic rings. The van der Waals surface area contributed by atoms with Crippen LogP contribution in [0, 0.1) is 6.92 Å². The first-order valence-corrected chi connectivity index (χ1v) is 6.56. The maximum atomic E-state index is 12.2. The molecule has 0 atom stereocenters. The summed E-state index contributed by atoms with van der Waals surface area (Å²) in [5.74, 6) is 0.0921. The fraction of sp³-hybridized carbons (Fsp3) is 0.500. The van der Waals surface area contributed by atoms with E-state index in [-0.39, 0.29) is 5.91 Å². The standard InChI is InChI=1S/C14H21NOS/c1-4-5-6-9-15(3)14(16)13-10-12(17)8-7-11(13)2/h7-8,10,17H,4-6,9H2,1-3H3. The zero-order chi connectivity index (χ0) is 12.8. The lowest BCUT2D eigenvalue weighted by Crippen LogP contribution is -2.28. The highest BCUT2D eigenvalue weighted by Crippen LogP contribution is 2.16. The Morgan fingerprint density at radius 1 is 1.35 bits per heavy atom. The second-order valence-corrected chi connectivity index (χ2v) is 4.95. The topological polar surface area (TPSA) is 20.3 Å². The molecular formula is C14H21NOS. The maximum absolute atomic E-state index is 12.2. The van der Waals surface area contributed by atoms with Crippen molar-refractivity contribution in [2.24, 2.45) is 0 Å². The Balaban J connectivity index is 2.71. The molecule has 0 N–H and O–H groups in total. The molecule has 0 bridgehead atoms. The molecule has 0 saturated heterocycles. The van der Waals surface area contributed by atoms with Crippen LogP contribution in [-0.2, 0) is 0 Å². The Morgan fingerprint density at radius 2 is 2.06 bits per heavy atom. The van der Waals surface area contributed by atoms with Crippen LogP contribution in [0.1, 0.15) is 42.1 Å². The van der Waals surface area contributed by atoms with Crippen LogP contribution in [0.3, 0.4) is 0 Å². The fourth-order valence-corrected chi connectivity index (χ4v) is 1.95. The van der Waals surface area contributed by atoms with Crippen LogP contribution in [0.5, 0.6) is 0 Å². The number of amides is 1. The van der Waals surface area contributed by atoms with Crippen molar-refractivity contribution < 1.29 is 4.79 Å². The molecule has 1 rings (SSSR count). The molecule has 0 fully saturated rings. The number of aryl methyl sites for hydroxylation is 1. The predicted octanol–water partition coefficient (Wildman–Crippen LogP) is 3.55. The van der Waals surface area contributed by atoms with Crippen LogP contribution < -0.4 is 0 Å². The molecular weight excluding hydrogens is 230 g/mol. The van der Waals surface area contributed by atoms with E-state index < -0.39 is 0 Å². The lowest BCUT2D eigenvalue weighted by atomic mass is 10.1. The molecule has 0 spiro atoms. The molecule has 0 aliphatic rings. The molecule has 0 aliphatic carbocycles. The predicted molar refractivity (Wildman–Crippen MR) is 74.9 cm³/mol. The molecule has 0 aliphatic heterocycles. The van der Waals surface area contributed by atoms with Gasteiger partial charge in [-0.1, -0.05) is 25.8 Å². The van der Waals surface area contributed by atoms with Gasteiger partial charge in [-0.3, -0.25) is 4.79 Å². The molecule has 0 saturated carbocycles. The van der Waals surface area contributed by atoms with Crippen molar-refractivity contribution in [3.05, 3.63) is 29.3 Å². The second kappa shape index (κ2) is 6.70. The number of hydrogen-bond donors (Lipinski definition) is 1. The summed E-state index contributed by atoms with van der Waals surface area (Å²) < 4.78 is 0. The third kappa shape index (κ3) is 4.08. The van der Waals surface area contributed by atoms with Crippen LogP contribution >= 0.6 is 12.6 Å². The molecule has 2 nitrogen and oxygen atoms in total. The third-order valence-electron chi connectivity index (χ3n) is 2.90. The van der Waals surface area contributed by atoms with Gasteiger partial charge >= 0.3 is 0 Å². The summed E-state index contributed by atoms with van der Waals surface area (Å²) in [6, 6.07) is 5.69. The highest BCUT2D eigenvalue weighted by atomic mass is 32.1. The van der Waals surface area contributed by atoms with Crippen molar-refractivity contribution in [3.63, 3.8) is 0 Å². The van der Waals surface area contributed by atoms with Crippen molar-refractivity contribution >= 4 is 18.5 Å². The zero-order valence-electron chi connectivity index (χ0n) is 10.9. The summed E-state index contributed by atoms with van der Waals surface area (Å²) in [6.07, 6.45) is 3.41. The van der Waals surface area contributed by atoms with Crippen molar-refractivity contribution in [3.8, 4) is 0 Å². The van der Waals surface area contributed by atoms with Gasteiger partial charge in [-0.25, -0.2) is 0 Å². The Labute approximate surface area is 109 Å². The molecule has 1 aromatic carbocycles. The molecule has 1 amide bonds. The molecule has 0 aromatic heterocycles. The van der Waals surface area contributed by atoms with E-state index in [2.05, 4.69) is 19.6 Å². The van der Waals surface area contributed by atoms with Gasteiger partial charge in [-0.15, -0.1) is 12.6 Å². The van der Waals surface area contributed by atoms with Crippen LogP contribution in [0.4, 0.5) is 0 Å². The molecule has 94 valence electrons. The SMILES string of the molecule is CCCCCN(C)C(=O)c1cc(S)ccc1C. The quantitative estimate of drug-likeness (QED) is 0.627. The first-order valence-electron chi connectivity index (χ1n) is 6.11. The van der Waals surface area contributed by atoms with E-state index in [9.17, 15) is 4.79 Å². The van der Waals surface area contributed by atoms with Gasteiger partial charge in [0, 0.05) is 24.1 Å². The maximum Gasteiger partial charge on any atom is 0.253 e. The van der Waals surface area contributed by atoms with Gasteiger partial charge in [0.1, 0.15) is 0 Å². The average Bonchev–Trinajstić information content (AvgIpc) is 2.31. The Hall–Kier alpha value is -0.960. The van der Waals surface area contributed by atoms with E-state index in [0.717, 1.165) is 29.0 Å². The van der Waals surface area contributed by atoms with Gasteiger partial charge in [-0.2, -0.15) is 0 Å². The molecule has 0 unspecified atom stereocenters. The van der Waals surface area contributed by atoms with Gasteiger partial charge < -0.3 is 4.90 Å². The third-order valence-corrected chi connectivity index (χ3v) is 3.17. The van der Waals surface area contributed by atoms with Gasteiger partial charge in [0.25, 0.3) is 5.91 Å². The van der Waals surface area contributed by atoms with Crippen molar-refractivity contribution in [2.75, 3.05) is 13.6 Å². The normalized spacial score (nSPS) is 10.4. The number of unbranched alkanes of at least 4 members (excludes halogenated alkanes) is 2. The van der Waals surface area contributed by atoms with Crippen molar-refractivity contribution in [1.29, 1.82) is 0 Å². The van der Waals surface area contributed by atoms with Gasteiger partial charge in [0.05, 0.1) is 0 Å². The minimum absolute atomic E-state index is 0.0921. The van der Waals surface area contributed by atoms with Crippen LogP contribution in [-0.4, -0.2) is 24.4 Å². The largest absolute Gasteiger partial charge is 0.342 e. The Bertz CT molecular complexity index is 390. The number of benzene rings is 1. The second-order valence-electron chi connectivity index (χ2n) is 4.43. The molecule has 3 heteroatoms. The highest BCUT2D eigenvalue weighted by molar-refractivity contribution is 7.80. The van der Waals surface area contributed by atoms with E-state index in [1.54, 1.807) is 4.90 Å². The first-order chi connectivity index (χ1) is 8.06. The average molecular weight is 251 g/mol. The van der Waals surface area contributed by atoms with E-state index in [4.69, 9.17) is 0 Å². The number of carbonyl (C=O) groups excluding carboxylic acids is 1. The summed E-state index contributed by atoms with van der Waals surface area (Å²) in [7, 11) is 1.86. The Morgan fingerprint density at radius 3 is 2.71 bits per heavy atom. The van der Waals surface area contributed by atoms with Crippen LogP contribution in [0.25, 0.3) is 0 Å². The lowest BCUT2D eigenvalue weighted by Gasteiger charge is -2.18. The first kappa shape index (κ1) is 14.1. The number of rotatable bonds is 5. The smallest absolute Gasteiger partial charge is 0.253 e. The monoisotopic (exact) mass is 251 g/mol. The summed E-state index contributed by atoms with van der Waals surface area (Å²) in [5, 5.41) is 0. The van der Waals surface area contributed by atoms with E-state index >= 15 is 0 Å².